The van der Waals surface area contributed by atoms with Crippen molar-refractivity contribution in [1.82, 2.24) is 5.16 Å². The molecule has 28 heavy (non-hydrogen) atoms. The molecule has 1 aromatic heterocycles. The lowest BCUT2D eigenvalue weighted by atomic mass is 9.45. The Bertz CT molecular complexity index is 750. The molecule has 7 atom stereocenters. The SMILES string of the molecule is CC12CCCCC1CCC1C2CCC2(C)C(CCCc3cc(=O)[nH]o3)CCC12. The molecule has 4 aliphatic rings. The van der Waals surface area contributed by atoms with E-state index in [0.717, 1.165) is 48.2 Å². The van der Waals surface area contributed by atoms with Gasteiger partial charge in [0.1, 0.15) is 5.76 Å². The third kappa shape index (κ3) is 2.94. The Labute approximate surface area is 170 Å². The first-order chi connectivity index (χ1) is 13.5. The van der Waals surface area contributed by atoms with Crippen LogP contribution in [0.3, 0.4) is 0 Å². The summed E-state index contributed by atoms with van der Waals surface area (Å²) in [6, 6.07) is 1.62. The maximum atomic E-state index is 11.3. The van der Waals surface area contributed by atoms with Crippen molar-refractivity contribution in [1.29, 1.82) is 0 Å². The highest BCUT2D eigenvalue weighted by molar-refractivity contribution is 5.08. The molecule has 1 heterocycles. The molecule has 0 radical (unpaired) electrons. The van der Waals surface area contributed by atoms with Crippen LogP contribution in [0.15, 0.2) is 15.4 Å². The molecule has 0 aliphatic heterocycles. The minimum Gasteiger partial charge on any atom is -0.384 e. The molecule has 1 aromatic rings. The molecule has 0 spiro atoms. The van der Waals surface area contributed by atoms with Gasteiger partial charge in [0.2, 0.25) is 0 Å². The van der Waals surface area contributed by atoms with Crippen LogP contribution < -0.4 is 5.56 Å². The number of hydrogen-bond donors (Lipinski definition) is 1. The summed E-state index contributed by atoms with van der Waals surface area (Å²) < 4.78 is 5.26. The van der Waals surface area contributed by atoms with Gasteiger partial charge in [0.15, 0.2) is 0 Å². The van der Waals surface area contributed by atoms with Crippen molar-refractivity contribution in [3.05, 3.63) is 22.2 Å². The number of hydrogen-bond acceptors (Lipinski definition) is 2. The molecular weight excluding hydrogens is 346 g/mol. The van der Waals surface area contributed by atoms with Gasteiger partial charge in [-0.2, -0.15) is 5.16 Å². The fourth-order valence-corrected chi connectivity index (χ4v) is 8.85. The summed E-state index contributed by atoms with van der Waals surface area (Å²) in [5, 5.41) is 2.43. The van der Waals surface area contributed by atoms with E-state index in [9.17, 15) is 4.79 Å². The molecule has 0 bridgehead atoms. The van der Waals surface area contributed by atoms with Crippen LogP contribution in [0, 0.1) is 40.4 Å². The van der Waals surface area contributed by atoms with Crippen LogP contribution in [0.5, 0.6) is 0 Å². The van der Waals surface area contributed by atoms with E-state index in [1.54, 1.807) is 6.07 Å². The quantitative estimate of drug-likeness (QED) is 0.657. The maximum absolute atomic E-state index is 11.3. The highest BCUT2D eigenvalue weighted by Gasteiger charge is 2.59. The highest BCUT2D eigenvalue weighted by atomic mass is 16.5. The molecule has 156 valence electrons. The van der Waals surface area contributed by atoms with Crippen LogP contribution in [0.4, 0.5) is 0 Å². The monoisotopic (exact) mass is 385 g/mol. The van der Waals surface area contributed by atoms with Gasteiger partial charge in [-0.05, 0) is 105 Å². The standard InChI is InChI=1S/C25H39NO2/c1-24-14-4-3-6-17(24)9-11-20-21-12-10-18(25(21,2)15-13-22(20)24)7-5-8-19-16-23(27)26-28-19/h16-18,20-22H,3-15H2,1-2H3,(H,26,27). The lowest BCUT2D eigenvalue weighted by molar-refractivity contribution is -0.111. The van der Waals surface area contributed by atoms with Crippen molar-refractivity contribution in [2.45, 2.75) is 97.3 Å². The fraction of sp³-hybridized carbons (Fsp3) is 0.880. The Balaban J connectivity index is 1.26. The highest BCUT2D eigenvalue weighted by Crippen LogP contribution is 2.67. The minimum absolute atomic E-state index is 0.104. The molecular formula is C25H39NO2. The molecule has 3 nitrogen and oxygen atoms in total. The summed E-state index contributed by atoms with van der Waals surface area (Å²) in [5.74, 6) is 5.72. The number of nitrogens with one attached hydrogen (secondary N) is 1. The molecule has 0 aromatic carbocycles. The molecule has 4 aliphatic carbocycles. The third-order valence-electron chi connectivity index (χ3n) is 10.3. The second-order valence-electron chi connectivity index (χ2n) is 11.3. The predicted octanol–water partition coefficient (Wildman–Crippen LogP) is 6.34. The normalized spacial score (nSPS) is 45.3. The van der Waals surface area contributed by atoms with E-state index < -0.39 is 0 Å². The maximum Gasteiger partial charge on any atom is 0.280 e. The summed E-state index contributed by atoms with van der Waals surface area (Å²) in [6.07, 6.45) is 18.3. The zero-order valence-electron chi connectivity index (χ0n) is 18.0. The first-order valence-corrected chi connectivity index (χ1v) is 12.2. The van der Waals surface area contributed by atoms with Gasteiger partial charge in [0.25, 0.3) is 5.56 Å². The van der Waals surface area contributed by atoms with E-state index in [4.69, 9.17) is 4.52 Å². The lowest BCUT2D eigenvalue weighted by Crippen LogP contribution is -2.52. The lowest BCUT2D eigenvalue weighted by Gasteiger charge is -2.60. The molecule has 0 saturated heterocycles. The number of fused-ring (bicyclic) bond motifs is 5. The van der Waals surface area contributed by atoms with Crippen molar-refractivity contribution >= 4 is 0 Å². The van der Waals surface area contributed by atoms with Gasteiger partial charge in [-0.3, -0.25) is 4.79 Å². The second-order valence-corrected chi connectivity index (χ2v) is 11.3. The first kappa shape index (κ1) is 19.0. The number of H-pyrrole nitrogens is 1. The zero-order chi connectivity index (χ0) is 19.4. The zero-order valence-corrected chi connectivity index (χ0v) is 18.0. The number of aromatic nitrogens is 1. The Hall–Kier alpha value is -0.990. The average Bonchev–Trinajstić information content (AvgIpc) is 3.24. The van der Waals surface area contributed by atoms with Crippen LogP contribution in [0.2, 0.25) is 0 Å². The van der Waals surface area contributed by atoms with Crippen molar-refractivity contribution in [2.24, 2.45) is 40.4 Å². The van der Waals surface area contributed by atoms with Gasteiger partial charge >= 0.3 is 0 Å². The summed E-state index contributed by atoms with van der Waals surface area (Å²) in [7, 11) is 0. The summed E-state index contributed by atoms with van der Waals surface area (Å²) in [5.41, 5.74) is 1.12. The first-order valence-electron chi connectivity index (χ1n) is 12.2. The van der Waals surface area contributed by atoms with Gasteiger partial charge in [-0.15, -0.1) is 0 Å². The number of aromatic amines is 1. The summed E-state index contributed by atoms with van der Waals surface area (Å²) >= 11 is 0. The van der Waals surface area contributed by atoms with Crippen LogP contribution in [-0.4, -0.2) is 5.16 Å². The Morgan fingerprint density at radius 3 is 2.68 bits per heavy atom. The van der Waals surface area contributed by atoms with E-state index in [1.807, 2.05) is 0 Å². The third-order valence-corrected chi connectivity index (χ3v) is 10.3. The Morgan fingerprint density at radius 2 is 1.86 bits per heavy atom. The second kappa shape index (κ2) is 7.06. The van der Waals surface area contributed by atoms with Crippen molar-refractivity contribution in [3.63, 3.8) is 0 Å². The molecule has 1 N–H and O–H groups in total. The van der Waals surface area contributed by atoms with Crippen molar-refractivity contribution < 1.29 is 4.52 Å². The summed E-state index contributed by atoms with van der Waals surface area (Å²) in [6.45, 7) is 5.34. The van der Waals surface area contributed by atoms with Crippen molar-refractivity contribution in [3.8, 4) is 0 Å². The van der Waals surface area contributed by atoms with E-state index >= 15 is 0 Å². The smallest absolute Gasteiger partial charge is 0.280 e. The average molecular weight is 386 g/mol. The molecule has 4 fully saturated rings. The molecule has 4 saturated carbocycles. The Kier molecular flexibility index (Phi) is 4.79. The van der Waals surface area contributed by atoms with Crippen LogP contribution >= 0.6 is 0 Å². The van der Waals surface area contributed by atoms with E-state index in [-0.39, 0.29) is 5.56 Å². The van der Waals surface area contributed by atoms with E-state index in [0.29, 0.717) is 10.8 Å². The number of rotatable bonds is 4. The fourth-order valence-electron chi connectivity index (χ4n) is 8.85. The van der Waals surface area contributed by atoms with E-state index in [1.165, 1.54) is 70.6 Å². The van der Waals surface area contributed by atoms with Crippen LogP contribution in [0.1, 0.15) is 96.7 Å². The van der Waals surface area contributed by atoms with Crippen molar-refractivity contribution in [2.75, 3.05) is 0 Å². The van der Waals surface area contributed by atoms with E-state index in [2.05, 4.69) is 19.0 Å². The van der Waals surface area contributed by atoms with Crippen LogP contribution in [0.25, 0.3) is 0 Å². The molecule has 7 unspecified atom stereocenters. The van der Waals surface area contributed by atoms with Gasteiger partial charge in [-0.1, -0.05) is 26.7 Å². The predicted molar refractivity (Wildman–Crippen MR) is 112 cm³/mol. The minimum atomic E-state index is -0.104. The topological polar surface area (TPSA) is 46.0 Å². The molecule has 0 amide bonds. The van der Waals surface area contributed by atoms with Gasteiger partial charge in [0.05, 0.1) is 0 Å². The Morgan fingerprint density at radius 1 is 1.00 bits per heavy atom. The largest absolute Gasteiger partial charge is 0.384 e. The number of aryl methyl sites for hydroxylation is 1. The summed E-state index contributed by atoms with van der Waals surface area (Å²) in [4.78, 5) is 11.3. The van der Waals surface area contributed by atoms with Crippen LogP contribution in [-0.2, 0) is 6.42 Å². The molecule has 3 heteroatoms. The van der Waals surface area contributed by atoms with Gasteiger partial charge in [-0.25, -0.2) is 0 Å². The van der Waals surface area contributed by atoms with Gasteiger partial charge < -0.3 is 4.52 Å². The van der Waals surface area contributed by atoms with Gasteiger partial charge in [0, 0.05) is 12.5 Å². The molecule has 5 rings (SSSR count).